The van der Waals surface area contributed by atoms with Crippen LogP contribution in [0.25, 0.3) is 0 Å². The normalized spacial score (nSPS) is 10.5. The summed E-state index contributed by atoms with van der Waals surface area (Å²) in [5.41, 5.74) is 0. The molecule has 5 nitrogen and oxygen atoms in total. The third-order valence-electron chi connectivity index (χ3n) is 0.269. The van der Waals surface area contributed by atoms with Crippen molar-refractivity contribution in [2.75, 3.05) is 7.11 Å². The summed E-state index contributed by atoms with van der Waals surface area (Å²) in [7, 11) is -3.09. The molecule has 0 aliphatic rings. The molecule has 0 aromatic heterocycles. The number of hydrogen-bond acceptors (Lipinski definition) is 5. The smallest absolute Gasteiger partial charge is 0.222 e. The Morgan fingerprint density at radius 3 is 2.25 bits per heavy atom. The minimum atomic E-state index is -4.09. The molecule has 0 aliphatic carbocycles. The van der Waals surface area contributed by atoms with Gasteiger partial charge in [-0.25, -0.2) is 4.89 Å². The maximum absolute atomic E-state index is 9.89. The molecule has 0 heterocycles. The van der Waals surface area contributed by atoms with E-state index in [9.17, 15) is 8.42 Å². The molecular weight excluding hydrogens is 134 g/mol. The van der Waals surface area contributed by atoms with Gasteiger partial charge in [-0.2, -0.15) is 13.7 Å². The van der Waals surface area contributed by atoms with E-state index in [0.717, 1.165) is 12.5 Å². The summed E-state index contributed by atoms with van der Waals surface area (Å²) in [5.74, 6) is 0. The van der Waals surface area contributed by atoms with Crippen molar-refractivity contribution in [1.82, 2.24) is 0 Å². The second kappa shape index (κ2) is 2.61. The first-order valence-electron chi connectivity index (χ1n) is 1.50. The van der Waals surface area contributed by atoms with Gasteiger partial charge in [0.05, 0.1) is 7.11 Å². The number of nitriles is 1. The average Bonchev–Trinajstić information content (AvgIpc) is 1.67. The standard InChI is InChI=1S/C2H3NO4S/c1-6-7-8(4,5)2-3/h1H3. The molecule has 0 saturated carbocycles. The number of rotatable bonds is 2. The van der Waals surface area contributed by atoms with Crippen molar-refractivity contribution in [2.24, 2.45) is 0 Å². The summed E-state index contributed by atoms with van der Waals surface area (Å²) in [4.78, 5) is 3.69. The second-order valence-corrected chi connectivity index (χ2v) is 2.01. The Bertz CT molecular complexity index is 187. The van der Waals surface area contributed by atoms with Gasteiger partial charge >= 0.3 is 10.1 Å². The molecule has 0 N–H and O–H groups in total. The molecule has 0 radical (unpaired) electrons. The number of thiocyanates is 1. The Balaban J connectivity index is 4.02. The number of hydrogen-bond donors (Lipinski definition) is 0. The van der Waals surface area contributed by atoms with E-state index in [-0.39, 0.29) is 0 Å². The van der Waals surface area contributed by atoms with E-state index in [1.165, 1.54) is 0 Å². The van der Waals surface area contributed by atoms with Gasteiger partial charge in [-0.1, -0.05) is 4.33 Å². The van der Waals surface area contributed by atoms with Crippen LogP contribution in [-0.2, 0) is 19.3 Å². The van der Waals surface area contributed by atoms with Gasteiger partial charge in [-0.3, -0.25) is 0 Å². The fourth-order valence-electron chi connectivity index (χ4n) is 0.105. The maximum Gasteiger partial charge on any atom is 0.389 e. The van der Waals surface area contributed by atoms with E-state index in [0.29, 0.717) is 0 Å². The highest BCUT2D eigenvalue weighted by atomic mass is 32.2. The molecule has 0 aliphatic heterocycles. The first-order chi connectivity index (χ1) is 3.62. The van der Waals surface area contributed by atoms with E-state index in [1.807, 2.05) is 0 Å². The zero-order valence-corrected chi connectivity index (χ0v) is 4.80. The topological polar surface area (TPSA) is 76.4 Å². The van der Waals surface area contributed by atoms with Crippen molar-refractivity contribution in [3.05, 3.63) is 0 Å². The van der Waals surface area contributed by atoms with Gasteiger partial charge in [-0.15, -0.1) is 0 Å². The Hall–Kier alpha value is -0.640. The second-order valence-electron chi connectivity index (χ2n) is 0.780. The lowest BCUT2D eigenvalue weighted by Crippen LogP contribution is -1.99. The van der Waals surface area contributed by atoms with Gasteiger partial charge in [0.25, 0.3) is 0 Å². The van der Waals surface area contributed by atoms with Crippen molar-refractivity contribution >= 4 is 10.1 Å². The molecule has 0 atom stereocenters. The van der Waals surface area contributed by atoms with Crippen LogP contribution in [0, 0.1) is 10.7 Å². The summed E-state index contributed by atoms with van der Waals surface area (Å²) in [6.07, 6.45) is 0. The van der Waals surface area contributed by atoms with Crippen molar-refractivity contribution in [2.45, 2.75) is 0 Å². The molecule has 0 aromatic rings. The molecule has 0 bridgehead atoms. The van der Waals surface area contributed by atoms with Crippen molar-refractivity contribution in [3.8, 4) is 5.40 Å². The summed E-state index contributed by atoms with van der Waals surface area (Å²) in [6.45, 7) is 0. The quantitative estimate of drug-likeness (QED) is 0.219. The SMILES string of the molecule is COOS(=O)(=O)C#N. The van der Waals surface area contributed by atoms with Gasteiger partial charge in [-0.05, 0) is 0 Å². The molecule has 0 spiro atoms. The molecule has 8 heavy (non-hydrogen) atoms. The van der Waals surface area contributed by atoms with Crippen LogP contribution in [0.5, 0.6) is 0 Å². The Morgan fingerprint density at radius 2 is 2.12 bits per heavy atom. The summed E-state index contributed by atoms with van der Waals surface area (Å²) in [5, 5.41) is 8.55. The van der Waals surface area contributed by atoms with E-state index >= 15 is 0 Å². The highest BCUT2D eigenvalue weighted by Gasteiger charge is 2.06. The van der Waals surface area contributed by atoms with Crippen molar-refractivity contribution in [1.29, 1.82) is 5.26 Å². The highest BCUT2D eigenvalue weighted by molar-refractivity contribution is 7.91. The van der Waals surface area contributed by atoms with E-state index in [1.54, 1.807) is 0 Å². The zero-order chi connectivity index (χ0) is 6.62. The minimum absolute atomic E-state index is 0.867. The summed E-state index contributed by atoms with van der Waals surface area (Å²) in [6, 6.07) is 0. The lowest BCUT2D eigenvalue weighted by atomic mass is 11.8. The first-order valence-corrected chi connectivity index (χ1v) is 2.91. The molecule has 0 saturated heterocycles. The lowest BCUT2D eigenvalue weighted by molar-refractivity contribution is -0.170. The molecular formula is C2H3NO4S. The third kappa shape index (κ3) is 2.52. The molecule has 0 rings (SSSR count). The first kappa shape index (κ1) is 7.36. The van der Waals surface area contributed by atoms with Crippen LogP contribution < -0.4 is 0 Å². The van der Waals surface area contributed by atoms with Gasteiger partial charge in [0.2, 0.25) is 5.40 Å². The summed E-state index contributed by atoms with van der Waals surface area (Å²) < 4.78 is 23.3. The monoisotopic (exact) mass is 137 g/mol. The van der Waals surface area contributed by atoms with Gasteiger partial charge in [0.15, 0.2) is 0 Å². The van der Waals surface area contributed by atoms with E-state index < -0.39 is 10.1 Å². The Kier molecular flexibility index (Phi) is 2.41. The highest BCUT2D eigenvalue weighted by Crippen LogP contribution is 1.86. The van der Waals surface area contributed by atoms with Crippen LogP contribution in [0.3, 0.4) is 0 Å². The van der Waals surface area contributed by atoms with Gasteiger partial charge in [0, 0.05) is 0 Å². The molecule has 0 amide bonds. The molecule has 0 aromatic carbocycles. The fraction of sp³-hybridized carbons (Fsp3) is 0.500. The van der Waals surface area contributed by atoms with Gasteiger partial charge < -0.3 is 0 Å². The van der Waals surface area contributed by atoms with Crippen LogP contribution in [0.2, 0.25) is 0 Å². The van der Waals surface area contributed by atoms with Crippen LogP contribution in [0.4, 0.5) is 0 Å². The Morgan fingerprint density at radius 1 is 1.62 bits per heavy atom. The largest absolute Gasteiger partial charge is 0.389 e. The molecule has 0 unspecified atom stereocenters. The average molecular weight is 137 g/mol. The van der Waals surface area contributed by atoms with Crippen molar-refractivity contribution in [3.63, 3.8) is 0 Å². The zero-order valence-electron chi connectivity index (χ0n) is 3.99. The summed E-state index contributed by atoms with van der Waals surface area (Å²) >= 11 is 0. The van der Waals surface area contributed by atoms with Crippen LogP contribution in [-0.4, -0.2) is 15.5 Å². The molecule has 6 heteroatoms. The van der Waals surface area contributed by atoms with Gasteiger partial charge in [0.1, 0.15) is 0 Å². The molecule has 46 valence electrons. The van der Waals surface area contributed by atoms with Crippen molar-refractivity contribution < 1.29 is 17.6 Å². The van der Waals surface area contributed by atoms with Crippen LogP contribution >= 0.6 is 0 Å². The third-order valence-corrected chi connectivity index (χ3v) is 0.808. The van der Waals surface area contributed by atoms with Crippen LogP contribution in [0.15, 0.2) is 0 Å². The van der Waals surface area contributed by atoms with E-state index in [4.69, 9.17) is 5.26 Å². The predicted molar refractivity (Wildman–Crippen MR) is 22.6 cm³/mol. The fourth-order valence-corrected chi connectivity index (χ4v) is 0.314. The predicted octanol–water partition coefficient (Wildman–Crippen LogP) is -0.625. The molecule has 0 fully saturated rings. The maximum atomic E-state index is 9.89. The minimum Gasteiger partial charge on any atom is -0.222 e. The lowest BCUT2D eigenvalue weighted by Gasteiger charge is -1.86. The number of nitrogens with zero attached hydrogens (tertiary/aromatic N) is 1. The van der Waals surface area contributed by atoms with E-state index in [2.05, 4.69) is 9.22 Å². The van der Waals surface area contributed by atoms with Crippen LogP contribution in [0.1, 0.15) is 0 Å². The Labute approximate surface area is 46.5 Å².